The summed E-state index contributed by atoms with van der Waals surface area (Å²) < 4.78 is 0. The van der Waals surface area contributed by atoms with Gasteiger partial charge in [0.1, 0.15) is 0 Å². The highest BCUT2D eigenvalue weighted by Gasteiger charge is 1.87. The first-order valence-corrected chi connectivity index (χ1v) is 3.71. The third kappa shape index (κ3) is 4.13. The van der Waals surface area contributed by atoms with Crippen molar-refractivity contribution in [3.63, 3.8) is 0 Å². The topological polar surface area (TPSA) is 0 Å². The molecule has 0 heterocycles. The van der Waals surface area contributed by atoms with Crippen LogP contribution in [0.5, 0.6) is 0 Å². The number of rotatable bonds is 4. The summed E-state index contributed by atoms with van der Waals surface area (Å²) in [6.45, 7) is 7.81. The second-order valence-electron chi connectivity index (χ2n) is 2.21. The summed E-state index contributed by atoms with van der Waals surface area (Å²) in [6, 6.07) is 0. The summed E-state index contributed by atoms with van der Waals surface area (Å²) in [5, 5.41) is 0. The predicted molar refractivity (Wildman–Crippen MR) is 48.0 cm³/mol. The molecular formula is C10H16. The first kappa shape index (κ1) is 9.22. The van der Waals surface area contributed by atoms with E-state index in [4.69, 9.17) is 0 Å². The van der Waals surface area contributed by atoms with Crippen molar-refractivity contribution in [2.75, 3.05) is 0 Å². The summed E-state index contributed by atoms with van der Waals surface area (Å²) >= 11 is 0. The molecule has 0 aromatic rings. The lowest BCUT2D eigenvalue weighted by Gasteiger charge is -1.96. The normalized spacial score (nSPS) is 12.4. The van der Waals surface area contributed by atoms with Gasteiger partial charge in [0.15, 0.2) is 0 Å². The maximum atomic E-state index is 3.69. The van der Waals surface area contributed by atoms with Gasteiger partial charge in [0.25, 0.3) is 0 Å². The molecule has 0 bridgehead atoms. The SMILES string of the molecule is C=CCC(=CC)CC=CC. The van der Waals surface area contributed by atoms with E-state index >= 15 is 0 Å². The lowest BCUT2D eigenvalue weighted by molar-refractivity contribution is 1.10. The molecule has 0 unspecified atom stereocenters. The molecule has 0 rings (SSSR count). The van der Waals surface area contributed by atoms with Crippen molar-refractivity contribution in [2.24, 2.45) is 0 Å². The van der Waals surface area contributed by atoms with E-state index in [1.165, 1.54) is 5.57 Å². The number of hydrogen-bond acceptors (Lipinski definition) is 0. The van der Waals surface area contributed by atoms with Gasteiger partial charge in [-0.2, -0.15) is 0 Å². The van der Waals surface area contributed by atoms with Crippen LogP contribution in [0.2, 0.25) is 0 Å². The van der Waals surface area contributed by atoms with E-state index < -0.39 is 0 Å². The van der Waals surface area contributed by atoms with Gasteiger partial charge in [0, 0.05) is 0 Å². The Morgan fingerprint density at radius 1 is 1.30 bits per heavy atom. The molecule has 0 aromatic heterocycles. The molecule has 56 valence electrons. The van der Waals surface area contributed by atoms with Crippen molar-refractivity contribution in [1.29, 1.82) is 0 Å². The van der Waals surface area contributed by atoms with Crippen molar-refractivity contribution in [1.82, 2.24) is 0 Å². The molecule has 0 fully saturated rings. The van der Waals surface area contributed by atoms with Gasteiger partial charge >= 0.3 is 0 Å². The fraction of sp³-hybridized carbons (Fsp3) is 0.400. The molecule has 0 saturated heterocycles. The first-order valence-electron chi connectivity index (χ1n) is 3.71. The molecule has 0 aliphatic rings. The molecular weight excluding hydrogens is 120 g/mol. The molecule has 0 nitrogen and oxygen atoms in total. The molecule has 0 heteroatoms. The highest BCUT2D eigenvalue weighted by atomic mass is 13.9. The molecule has 0 N–H and O–H groups in total. The van der Waals surface area contributed by atoms with Gasteiger partial charge in [-0.15, -0.1) is 6.58 Å². The lowest BCUT2D eigenvalue weighted by Crippen LogP contribution is -1.76. The molecule has 0 saturated carbocycles. The number of hydrogen-bond donors (Lipinski definition) is 0. The van der Waals surface area contributed by atoms with Crippen LogP contribution in [0, 0.1) is 0 Å². The third-order valence-corrected chi connectivity index (χ3v) is 1.43. The van der Waals surface area contributed by atoms with E-state index in [-0.39, 0.29) is 0 Å². The average molecular weight is 136 g/mol. The first-order chi connectivity index (χ1) is 4.85. The number of allylic oxidation sites excluding steroid dienone is 5. The van der Waals surface area contributed by atoms with Gasteiger partial charge in [-0.3, -0.25) is 0 Å². The Morgan fingerprint density at radius 3 is 2.40 bits per heavy atom. The van der Waals surface area contributed by atoms with E-state index in [1.54, 1.807) is 0 Å². The van der Waals surface area contributed by atoms with Crippen molar-refractivity contribution in [3.05, 3.63) is 36.5 Å². The van der Waals surface area contributed by atoms with E-state index in [1.807, 2.05) is 13.0 Å². The Morgan fingerprint density at radius 2 is 2.00 bits per heavy atom. The zero-order valence-electron chi connectivity index (χ0n) is 6.93. The molecule has 0 aromatic carbocycles. The molecule has 0 atom stereocenters. The van der Waals surface area contributed by atoms with Gasteiger partial charge < -0.3 is 0 Å². The van der Waals surface area contributed by atoms with E-state index in [9.17, 15) is 0 Å². The maximum absolute atomic E-state index is 3.69. The van der Waals surface area contributed by atoms with Gasteiger partial charge in [0.05, 0.1) is 0 Å². The molecule has 0 aliphatic heterocycles. The molecule has 0 spiro atoms. The predicted octanol–water partition coefficient (Wildman–Crippen LogP) is 3.48. The largest absolute Gasteiger partial charge is 0.103 e. The Bertz CT molecular complexity index is 138. The smallest absolute Gasteiger partial charge is 0.0136 e. The fourth-order valence-electron chi connectivity index (χ4n) is 0.774. The van der Waals surface area contributed by atoms with Crippen LogP contribution in [0.1, 0.15) is 26.7 Å². The Kier molecular flexibility index (Phi) is 5.85. The van der Waals surface area contributed by atoms with Crippen LogP contribution < -0.4 is 0 Å². The van der Waals surface area contributed by atoms with Gasteiger partial charge in [-0.05, 0) is 26.7 Å². The highest BCUT2D eigenvalue weighted by molar-refractivity contribution is 5.09. The lowest BCUT2D eigenvalue weighted by atomic mass is 10.1. The standard InChI is InChI=1S/C10H16/c1-4-7-9-10(6-3)8-5-2/h4-7H,2,8-9H2,1,3H3. The molecule has 10 heavy (non-hydrogen) atoms. The van der Waals surface area contributed by atoms with Crippen LogP contribution in [0.25, 0.3) is 0 Å². The summed E-state index contributed by atoms with van der Waals surface area (Å²) in [7, 11) is 0. The van der Waals surface area contributed by atoms with Crippen molar-refractivity contribution in [3.8, 4) is 0 Å². The fourth-order valence-corrected chi connectivity index (χ4v) is 0.774. The third-order valence-electron chi connectivity index (χ3n) is 1.43. The van der Waals surface area contributed by atoms with Crippen LogP contribution in [-0.4, -0.2) is 0 Å². The van der Waals surface area contributed by atoms with E-state index in [0.717, 1.165) is 12.8 Å². The summed E-state index contributed by atoms with van der Waals surface area (Å²) in [4.78, 5) is 0. The van der Waals surface area contributed by atoms with Crippen molar-refractivity contribution < 1.29 is 0 Å². The molecule has 0 amide bonds. The monoisotopic (exact) mass is 136 g/mol. The minimum absolute atomic E-state index is 1.01. The Balaban J connectivity index is 3.72. The minimum Gasteiger partial charge on any atom is -0.103 e. The minimum atomic E-state index is 1.01. The van der Waals surface area contributed by atoms with Crippen molar-refractivity contribution >= 4 is 0 Å². The van der Waals surface area contributed by atoms with Gasteiger partial charge in [-0.25, -0.2) is 0 Å². The van der Waals surface area contributed by atoms with Crippen LogP contribution in [0.4, 0.5) is 0 Å². The zero-order chi connectivity index (χ0) is 7.82. The van der Waals surface area contributed by atoms with Gasteiger partial charge in [-0.1, -0.05) is 29.9 Å². The second kappa shape index (κ2) is 6.34. The Hall–Kier alpha value is -0.780. The van der Waals surface area contributed by atoms with Crippen LogP contribution in [0.3, 0.4) is 0 Å². The van der Waals surface area contributed by atoms with Crippen LogP contribution in [0.15, 0.2) is 36.5 Å². The quantitative estimate of drug-likeness (QED) is 0.519. The molecule has 0 aliphatic carbocycles. The van der Waals surface area contributed by atoms with Crippen LogP contribution >= 0.6 is 0 Å². The van der Waals surface area contributed by atoms with Crippen LogP contribution in [-0.2, 0) is 0 Å². The van der Waals surface area contributed by atoms with E-state index in [2.05, 4.69) is 31.7 Å². The average Bonchev–Trinajstić information content (AvgIpc) is 1.98. The zero-order valence-corrected chi connectivity index (χ0v) is 6.93. The summed E-state index contributed by atoms with van der Waals surface area (Å²) in [6.07, 6.45) is 10.4. The summed E-state index contributed by atoms with van der Waals surface area (Å²) in [5.74, 6) is 0. The molecule has 0 radical (unpaired) electrons. The van der Waals surface area contributed by atoms with E-state index in [0.29, 0.717) is 0 Å². The maximum Gasteiger partial charge on any atom is -0.0136 e. The second-order valence-corrected chi connectivity index (χ2v) is 2.21. The van der Waals surface area contributed by atoms with Gasteiger partial charge in [0.2, 0.25) is 0 Å². The summed E-state index contributed by atoms with van der Waals surface area (Å²) in [5.41, 5.74) is 1.44. The highest BCUT2D eigenvalue weighted by Crippen LogP contribution is 2.07. The Labute approximate surface area is 64.0 Å². The van der Waals surface area contributed by atoms with Crippen molar-refractivity contribution in [2.45, 2.75) is 26.7 Å².